The van der Waals surface area contributed by atoms with Crippen LogP contribution in [0.4, 0.5) is 4.39 Å². The molecule has 8 heteroatoms. The number of fused-ring (bicyclic) bond motifs is 1. The number of halogens is 1. The van der Waals surface area contributed by atoms with Crippen LogP contribution in [0.25, 0.3) is 10.9 Å². The summed E-state index contributed by atoms with van der Waals surface area (Å²) in [6, 6.07) is 2.33. The molecule has 2 aromatic rings. The van der Waals surface area contributed by atoms with Crippen molar-refractivity contribution >= 4 is 21.9 Å². The van der Waals surface area contributed by atoms with E-state index in [1.165, 1.54) is 12.1 Å². The molecule has 0 unspecified atom stereocenters. The van der Waals surface area contributed by atoms with Crippen molar-refractivity contribution in [2.45, 2.75) is 76.3 Å². The summed E-state index contributed by atoms with van der Waals surface area (Å²) in [5.41, 5.74) is 0.787. The Labute approximate surface area is 172 Å². The van der Waals surface area contributed by atoms with Crippen LogP contribution in [0.15, 0.2) is 16.9 Å². The normalized spacial score (nSPS) is 22.2. The monoisotopic (exact) mass is 421 g/mol. The van der Waals surface area contributed by atoms with E-state index < -0.39 is 27.6 Å². The average Bonchev–Trinajstić information content (AvgIpc) is 3.33. The molecule has 1 aliphatic carbocycles. The zero-order chi connectivity index (χ0) is 20.9. The lowest BCUT2D eigenvalue weighted by Gasteiger charge is -2.23. The van der Waals surface area contributed by atoms with Crippen LogP contribution in [0.1, 0.15) is 83.0 Å². The topological polar surface area (TPSA) is 73.2 Å². The Bertz CT molecular complexity index is 1020. The molecule has 1 saturated carbocycles. The van der Waals surface area contributed by atoms with Gasteiger partial charge in [0.05, 0.1) is 26.6 Å². The highest BCUT2D eigenvalue weighted by Crippen LogP contribution is 2.39. The fraction of sp³-hybridized carbons (Fsp3) is 0.619. The Morgan fingerprint density at radius 2 is 2.03 bits per heavy atom. The van der Waals surface area contributed by atoms with Gasteiger partial charge in [-0.1, -0.05) is 0 Å². The number of nitrogens with zero attached hydrogens (tertiary/aromatic N) is 2. The first kappa shape index (κ1) is 20.6. The molecule has 0 bridgehead atoms. The van der Waals surface area contributed by atoms with Crippen molar-refractivity contribution in [1.29, 1.82) is 0 Å². The van der Waals surface area contributed by atoms with Gasteiger partial charge in [-0.15, -0.1) is 0 Å². The van der Waals surface area contributed by atoms with Crippen molar-refractivity contribution < 1.29 is 13.3 Å². The summed E-state index contributed by atoms with van der Waals surface area (Å²) in [5.74, 6) is 0.147. The molecule has 2 aliphatic rings. The largest absolute Gasteiger partial charge is 0.370 e. The molecule has 4 rings (SSSR count). The van der Waals surface area contributed by atoms with Crippen LogP contribution >= 0.6 is 0 Å². The summed E-state index contributed by atoms with van der Waals surface area (Å²) >= 11 is 0. The van der Waals surface area contributed by atoms with Gasteiger partial charge in [0, 0.05) is 18.7 Å². The van der Waals surface area contributed by atoms with E-state index in [4.69, 9.17) is 9.72 Å². The third-order valence-electron chi connectivity index (χ3n) is 5.46. The zero-order valence-corrected chi connectivity index (χ0v) is 18.1. The molecule has 2 fully saturated rings. The van der Waals surface area contributed by atoms with E-state index in [1.807, 2.05) is 27.7 Å². The third-order valence-corrected chi connectivity index (χ3v) is 7.14. The lowest BCUT2D eigenvalue weighted by atomic mass is 10.0. The predicted molar refractivity (Wildman–Crippen MR) is 112 cm³/mol. The fourth-order valence-corrected chi connectivity index (χ4v) is 4.54. The van der Waals surface area contributed by atoms with Crippen LogP contribution in [0.5, 0.6) is 0 Å². The van der Waals surface area contributed by atoms with Gasteiger partial charge in [-0.3, -0.25) is 9.36 Å². The minimum atomic E-state index is -1.34. The molecule has 2 heterocycles. The lowest BCUT2D eigenvalue weighted by Crippen LogP contribution is -2.35. The van der Waals surface area contributed by atoms with Gasteiger partial charge in [-0.2, -0.15) is 0 Å². The summed E-state index contributed by atoms with van der Waals surface area (Å²) in [7, 11) is -1.34. The van der Waals surface area contributed by atoms with E-state index in [9.17, 15) is 13.4 Å². The molecule has 1 N–H and O–H groups in total. The minimum absolute atomic E-state index is 0.120. The van der Waals surface area contributed by atoms with Gasteiger partial charge in [0.1, 0.15) is 17.7 Å². The molecule has 158 valence electrons. The highest BCUT2D eigenvalue weighted by molar-refractivity contribution is 7.84. The van der Waals surface area contributed by atoms with Crippen LogP contribution in [-0.2, 0) is 15.7 Å². The van der Waals surface area contributed by atoms with Gasteiger partial charge in [0.2, 0.25) is 0 Å². The SMILES string of the molecule is C[C@@H](N[S@](=O)C(C)(C)C)c1cc(F)cc2c(=O)n(C3CC3)c([C@@H]3CCCO3)nc12. The quantitative estimate of drug-likeness (QED) is 0.796. The molecule has 0 spiro atoms. The Morgan fingerprint density at radius 3 is 2.62 bits per heavy atom. The van der Waals surface area contributed by atoms with E-state index in [1.54, 1.807) is 4.57 Å². The first-order valence-corrected chi connectivity index (χ1v) is 11.4. The summed E-state index contributed by atoms with van der Waals surface area (Å²) < 4.78 is 37.1. The number of hydrogen-bond acceptors (Lipinski definition) is 4. The number of nitrogens with one attached hydrogen (secondary N) is 1. The Balaban J connectivity index is 1.87. The first-order chi connectivity index (χ1) is 13.7. The van der Waals surface area contributed by atoms with Crippen molar-refractivity contribution in [3.63, 3.8) is 0 Å². The number of hydrogen-bond donors (Lipinski definition) is 1. The predicted octanol–water partition coefficient (Wildman–Crippen LogP) is 3.83. The molecule has 0 radical (unpaired) electrons. The summed E-state index contributed by atoms with van der Waals surface area (Å²) in [4.78, 5) is 18.2. The van der Waals surface area contributed by atoms with Crippen molar-refractivity contribution in [1.82, 2.24) is 14.3 Å². The maximum Gasteiger partial charge on any atom is 0.261 e. The Hall–Kier alpha value is -1.64. The second-order valence-electron chi connectivity index (χ2n) is 8.99. The second-order valence-corrected chi connectivity index (χ2v) is 11.0. The first-order valence-electron chi connectivity index (χ1n) is 10.2. The lowest BCUT2D eigenvalue weighted by molar-refractivity contribution is 0.101. The van der Waals surface area contributed by atoms with E-state index in [-0.39, 0.29) is 23.1 Å². The molecule has 0 amide bonds. The van der Waals surface area contributed by atoms with Crippen molar-refractivity contribution in [2.75, 3.05) is 6.61 Å². The highest BCUT2D eigenvalue weighted by Gasteiger charge is 2.33. The standard InChI is InChI=1S/C21H28FN3O3S/c1-12(24-29(27)21(2,3)4)15-10-13(22)11-16-18(15)23-19(17-6-5-9-28-17)25(20(16)26)14-7-8-14/h10-12,14,17,24H,5-9H2,1-4H3/t12-,17+,29-/m1/s1. The summed E-state index contributed by atoms with van der Waals surface area (Å²) in [6.07, 6.45) is 3.40. The Morgan fingerprint density at radius 1 is 1.31 bits per heavy atom. The van der Waals surface area contributed by atoms with Gasteiger partial charge in [0.15, 0.2) is 0 Å². The summed E-state index contributed by atoms with van der Waals surface area (Å²) in [6.45, 7) is 8.08. The van der Waals surface area contributed by atoms with Gasteiger partial charge in [0.25, 0.3) is 5.56 Å². The average molecular weight is 422 g/mol. The maximum atomic E-state index is 14.5. The second kappa shape index (κ2) is 7.56. The number of ether oxygens (including phenoxy) is 1. The number of rotatable bonds is 5. The highest BCUT2D eigenvalue weighted by atomic mass is 32.2. The molecular weight excluding hydrogens is 393 g/mol. The van der Waals surface area contributed by atoms with Crippen LogP contribution in [0, 0.1) is 5.82 Å². The maximum absolute atomic E-state index is 14.5. The van der Waals surface area contributed by atoms with Crippen LogP contribution in [0.2, 0.25) is 0 Å². The van der Waals surface area contributed by atoms with Crippen molar-refractivity contribution in [2.24, 2.45) is 0 Å². The molecule has 3 atom stereocenters. The van der Waals surface area contributed by atoms with Crippen molar-refractivity contribution in [3.8, 4) is 0 Å². The van der Waals surface area contributed by atoms with E-state index in [0.29, 0.717) is 23.5 Å². The third kappa shape index (κ3) is 4.02. The van der Waals surface area contributed by atoms with E-state index in [0.717, 1.165) is 25.7 Å². The minimum Gasteiger partial charge on any atom is -0.370 e. The van der Waals surface area contributed by atoms with Crippen LogP contribution in [0.3, 0.4) is 0 Å². The van der Waals surface area contributed by atoms with Crippen LogP contribution < -0.4 is 10.3 Å². The van der Waals surface area contributed by atoms with E-state index in [2.05, 4.69) is 4.72 Å². The molecule has 1 aromatic heterocycles. The smallest absolute Gasteiger partial charge is 0.261 e. The van der Waals surface area contributed by atoms with Gasteiger partial charge < -0.3 is 4.74 Å². The molecule has 1 aliphatic heterocycles. The number of benzene rings is 1. The van der Waals surface area contributed by atoms with Crippen LogP contribution in [-0.4, -0.2) is 25.1 Å². The molecule has 6 nitrogen and oxygen atoms in total. The molecule has 1 saturated heterocycles. The molecule has 29 heavy (non-hydrogen) atoms. The van der Waals surface area contributed by atoms with Gasteiger partial charge >= 0.3 is 0 Å². The number of aromatic nitrogens is 2. The summed E-state index contributed by atoms with van der Waals surface area (Å²) in [5, 5.41) is 0.267. The fourth-order valence-electron chi connectivity index (χ4n) is 3.74. The van der Waals surface area contributed by atoms with E-state index >= 15 is 0 Å². The van der Waals surface area contributed by atoms with Gasteiger partial charge in [-0.05, 0) is 71.1 Å². The zero-order valence-electron chi connectivity index (χ0n) is 17.3. The van der Waals surface area contributed by atoms with Crippen molar-refractivity contribution in [3.05, 3.63) is 39.7 Å². The molecule has 1 aromatic carbocycles. The van der Waals surface area contributed by atoms with Gasteiger partial charge in [-0.25, -0.2) is 18.3 Å². The molecular formula is C21H28FN3O3S. The Kier molecular flexibility index (Phi) is 5.38.